The topological polar surface area (TPSA) is 58.3 Å². The van der Waals surface area contributed by atoms with Crippen molar-refractivity contribution < 1.29 is 0 Å². The fraction of sp³-hybridized carbons (Fsp3) is 0.692. The maximum Gasteiger partial charge on any atom is 0.151 e. The summed E-state index contributed by atoms with van der Waals surface area (Å²) >= 11 is 0. The van der Waals surface area contributed by atoms with Crippen molar-refractivity contribution in [3.63, 3.8) is 0 Å². The van der Waals surface area contributed by atoms with Crippen molar-refractivity contribution in [1.82, 2.24) is 15.1 Å². The summed E-state index contributed by atoms with van der Waals surface area (Å²) in [6.45, 7) is 7.82. The molecular formula is C13H25N5. The molecule has 0 bridgehead atoms. The first kappa shape index (κ1) is 14.9. The maximum absolute atomic E-state index is 5.53. The molecule has 1 aromatic rings. The minimum Gasteiger partial charge on any atom is -0.354 e. The first-order valence-corrected chi connectivity index (χ1v) is 6.45. The number of hydrogen-bond acceptors (Lipinski definition) is 5. The molecule has 0 unspecified atom stereocenters. The summed E-state index contributed by atoms with van der Waals surface area (Å²) < 4.78 is 0. The van der Waals surface area contributed by atoms with E-state index in [2.05, 4.69) is 47.9 Å². The molecule has 1 heterocycles. The van der Waals surface area contributed by atoms with E-state index in [-0.39, 0.29) is 0 Å². The van der Waals surface area contributed by atoms with Gasteiger partial charge in [0.05, 0.1) is 5.69 Å². The minimum absolute atomic E-state index is 0.440. The monoisotopic (exact) mass is 251 g/mol. The Morgan fingerprint density at radius 2 is 1.89 bits per heavy atom. The van der Waals surface area contributed by atoms with Crippen LogP contribution in [0.2, 0.25) is 0 Å². The quantitative estimate of drug-likeness (QED) is 0.782. The molecule has 0 aliphatic rings. The third-order valence-corrected chi connectivity index (χ3v) is 2.64. The van der Waals surface area contributed by atoms with Crippen molar-refractivity contribution in [2.24, 2.45) is 11.7 Å². The van der Waals surface area contributed by atoms with E-state index in [1.54, 1.807) is 0 Å². The molecule has 5 heteroatoms. The molecule has 5 nitrogen and oxygen atoms in total. The van der Waals surface area contributed by atoms with Crippen molar-refractivity contribution >= 4 is 5.82 Å². The molecule has 102 valence electrons. The van der Waals surface area contributed by atoms with Gasteiger partial charge in [-0.05, 0) is 32.1 Å². The molecule has 2 N–H and O–H groups in total. The lowest BCUT2D eigenvalue weighted by molar-refractivity contribution is 0.408. The zero-order chi connectivity index (χ0) is 13.5. The zero-order valence-electron chi connectivity index (χ0n) is 11.9. The van der Waals surface area contributed by atoms with E-state index in [1.807, 2.05) is 12.1 Å². The molecule has 0 saturated heterocycles. The van der Waals surface area contributed by atoms with Crippen molar-refractivity contribution in [3.05, 3.63) is 17.8 Å². The molecule has 0 spiro atoms. The van der Waals surface area contributed by atoms with Gasteiger partial charge < -0.3 is 15.5 Å². The lowest BCUT2D eigenvalue weighted by Gasteiger charge is -2.26. The number of nitrogens with two attached hydrogens (primary N) is 1. The van der Waals surface area contributed by atoms with E-state index in [9.17, 15) is 0 Å². The number of anilines is 1. The summed E-state index contributed by atoms with van der Waals surface area (Å²) in [5.41, 5.74) is 6.36. The van der Waals surface area contributed by atoms with Crippen LogP contribution in [0.4, 0.5) is 5.82 Å². The fourth-order valence-corrected chi connectivity index (χ4v) is 1.69. The molecule has 0 amide bonds. The predicted octanol–water partition coefficient (Wildman–Crippen LogP) is 0.959. The van der Waals surface area contributed by atoms with Crippen LogP contribution in [0.15, 0.2) is 12.1 Å². The molecule has 0 atom stereocenters. The van der Waals surface area contributed by atoms with Crippen LogP contribution in [0.25, 0.3) is 0 Å². The van der Waals surface area contributed by atoms with Crippen LogP contribution in [0.1, 0.15) is 19.5 Å². The van der Waals surface area contributed by atoms with Crippen LogP contribution in [-0.2, 0) is 6.54 Å². The van der Waals surface area contributed by atoms with E-state index in [1.165, 1.54) is 0 Å². The number of nitrogens with zero attached hydrogens (tertiary/aromatic N) is 4. The summed E-state index contributed by atoms with van der Waals surface area (Å²) in [5.74, 6) is 1.53. The Hall–Kier alpha value is -1.20. The van der Waals surface area contributed by atoms with Gasteiger partial charge in [0.1, 0.15) is 0 Å². The molecule has 0 saturated carbocycles. The van der Waals surface area contributed by atoms with Gasteiger partial charge in [0.25, 0.3) is 0 Å². The largest absolute Gasteiger partial charge is 0.354 e. The van der Waals surface area contributed by atoms with Crippen LogP contribution in [0.5, 0.6) is 0 Å². The Labute approximate surface area is 110 Å². The average molecular weight is 251 g/mol. The van der Waals surface area contributed by atoms with Crippen molar-refractivity contribution in [1.29, 1.82) is 0 Å². The van der Waals surface area contributed by atoms with Gasteiger partial charge in [-0.1, -0.05) is 13.8 Å². The molecule has 1 aromatic heterocycles. The first-order valence-electron chi connectivity index (χ1n) is 6.45. The Morgan fingerprint density at radius 3 is 2.33 bits per heavy atom. The molecule has 1 rings (SSSR count). The summed E-state index contributed by atoms with van der Waals surface area (Å²) in [7, 11) is 4.16. The van der Waals surface area contributed by atoms with Gasteiger partial charge in [-0.2, -0.15) is 5.10 Å². The lowest BCUT2D eigenvalue weighted by Crippen LogP contribution is -2.35. The van der Waals surface area contributed by atoms with Crippen LogP contribution >= 0.6 is 0 Å². The highest BCUT2D eigenvalue weighted by Gasteiger charge is 2.10. The molecule has 0 aliphatic carbocycles. The highest BCUT2D eigenvalue weighted by Crippen LogP contribution is 2.11. The van der Waals surface area contributed by atoms with E-state index < -0.39 is 0 Å². The fourth-order valence-electron chi connectivity index (χ4n) is 1.69. The molecule has 18 heavy (non-hydrogen) atoms. The van der Waals surface area contributed by atoms with Crippen molar-refractivity contribution in [2.45, 2.75) is 20.4 Å². The maximum atomic E-state index is 5.53. The SMILES string of the molecule is CC(C)CN(CCN(C)C)c1ccc(CN)nn1. The summed E-state index contributed by atoms with van der Waals surface area (Å²) in [6.07, 6.45) is 0. The van der Waals surface area contributed by atoms with Gasteiger partial charge in [-0.3, -0.25) is 0 Å². The third-order valence-electron chi connectivity index (χ3n) is 2.64. The Balaban J connectivity index is 2.73. The van der Waals surface area contributed by atoms with E-state index in [4.69, 9.17) is 5.73 Å². The second-order valence-corrected chi connectivity index (χ2v) is 5.23. The predicted molar refractivity (Wildman–Crippen MR) is 75.5 cm³/mol. The number of aromatic nitrogens is 2. The van der Waals surface area contributed by atoms with Crippen molar-refractivity contribution in [3.8, 4) is 0 Å². The van der Waals surface area contributed by atoms with Gasteiger partial charge in [0, 0.05) is 26.2 Å². The van der Waals surface area contributed by atoms with Gasteiger partial charge in [-0.25, -0.2) is 0 Å². The molecular weight excluding hydrogens is 226 g/mol. The molecule has 0 aromatic carbocycles. The standard InChI is InChI=1S/C13H25N5/c1-11(2)10-18(8-7-17(3)4)13-6-5-12(9-14)15-16-13/h5-6,11H,7-10,14H2,1-4H3. The molecule has 0 radical (unpaired) electrons. The van der Waals surface area contributed by atoms with Crippen molar-refractivity contribution in [2.75, 3.05) is 38.6 Å². The summed E-state index contributed by atoms with van der Waals surface area (Å²) in [4.78, 5) is 4.45. The van der Waals surface area contributed by atoms with Gasteiger partial charge >= 0.3 is 0 Å². The van der Waals surface area contributed by atoms with Crippen LogP contribution in [0.3, 0.4) is 0 Å². The number of hydrogen-bond donors (Lipinski definition) is 1. The Morgan fingerprint density at radius 1 is 1.17 bits per heavy atom. The van der Waals surface area contributed by atoms with Gasteiger partial charge in [0.2, 0.25) is 0 Å². The van der Waals surface area contributed by atoms with Crippen LogP contribution < -0.4 is 10.6 Å². The summed E-state index contributed by atoms with van der Waals surface area (Å²) in [5, 5.41) is 8.38. The molecule has 0 fully saturated rings. The third kappa shape index (κ3) is 4.98. The van der Waals surface area contributed by atoms with E-state index in [0.717, 1.165) is 31.1 Å². The number of rotatable bonds is 7. The van der Waals surface area contributed by atoms with E-state index in [0.29, 0.717) is 12.5 Å². The average Bonchev–Trinajstić information content (AvgIpc) is 2.34. The Kier molecular flexibility index (Phi) is 6.01. The molecule has 0 aliphatic heterocycles. The van der Waals surface area contributed by atoms with E-state index >= 15 is 0 Å². The van der Waals surface area contributed by atoms with Crippen LogP contribution in [0, 0.1) is 5.92 Å². The lowest BCUT2D eigenvalue weighted by atomic mass is 10.2. The smallest absolute Gasteiger partial charge is 0.151 e. The highest BCUT2D eigenvalue weighted by molar-refractivity contribution is 5.37. The van der Waals surface area contributed by atoms with Crippen LogP contribution in [-0.4, -0.2) is 48.8 Å². The first-order chi connectivity index (χ1) is 8.52. The second kappa shape index (κ2) is 7.28. The van der Waals surface area contributed by atoms with Gasteiger partial charge in [0.15, 0.2) is 5.82 Å². The zero-order valence-corrected chi connectivity index (χ0v) is 11.9. The summed E-state index contributed by atoms with van der Waals surface area (Å²) in [6, 6.07) is 3.96. The second-order valence-electron chi connectivity index (χ2n) is 5.23. The minimum atomic E-state index is 0.440. The number of likely N-dealkylation sites (N-methyl/N-ethyl adjacent to an activating group) is 1. The highest BCUT2D eigenvalue weighted by atomic mass is 15.3. The normalized spacial score (nSPS) is 11.3. The van der Waals surface area contributed by atoms with Gasteiger partial charge in [-0.15, -0.1) is 5.10 Å². The Bertz CT molecular complexity index is 334.